The van der Waals surface area contributed by atoms with Crippen molar-refractivity contribution in [2.45, 2.75) is 33.7 Å². The summed E-state index contributed by atoms with van der Waals surface area (Å²) in [6, 6.07) is 13.1. The van der Waals surface area contributed by atoms with Crippen molar-refractivity contribution in [1.29, 1.82) is 0 Å². The van der Waals surface area contributed by atoms with Gasteiger partial charge < -0.3 is 10.1 Å². The van der Waals surface area contributed by atoms with Crippen LogP contribution >= 0.6 is 0 Å². The Labute approximate surface area is 128 Å². The molecular formula is C19H25NO. The molecule has 0 radical (unpaired) electrons. The fraction of sp³-hybridized carbons (Fsp3) is 0.368. The van der Waals surface area contributed by atoms with Crippen LogP contribution in [0.3, 0.4) is 0 Å². The molecule has 0 aromatic heterocycles. The zero-order chi connectivity index (χ0) is 15.4. The van der Waals surface area contributed by atoms with E-state index in [9.17, 15) is 0 Å². The Morgan fingerprint density at radius 1 is 0.905 bits per heavy atom. The van der Waals surface area contributed by atoms with Gasteiger partial charge in [-0.3, -0.25) is 0 Å². The molecular weight excluding hydrogens is 258 g/mol. The predicted molar refractivity (Wildman–Crippen MR) is 89.1 cm³/mol. The smallest absolute Gasteiger partial charge is 0.122 e. The largest absolute Gasteiger partial charge is 0.491 e. The first-order valence-corrected chi connectivity index (χ1v) is 7.45. The molecule has 0 saturated carbocycles. The van der Waals surface area contributed by atoms with Crippen molar-refractivity contribution < 1.29 is 4.74 Å². The van der Waals surface area contributed by atoms with E-state index in [1.54, 1.807) is 0 Å². The fourth-order valence-corrected chi connectivity index (χ4v) is 2.60. The van der Waals surface area contributed by atoms with Gasteiger partial charge in [-0.25, -0.2) is 0 Å². The molecule has 0 fully saturated rings. The van der Waals surface area contributed by atoms with Crippen molar-refractivity contribution in [3.8, 4) is 5.75 Å². The first-order valence-electron chi connectivity index (χ1n) is 7.45. The Morgan fingerprint density at radius 2 is 1.57 bits per heavy atom. The molecule has 21 heavy (non-hydrogen) atoms. The summed E-state index contributed by atoms with van der Waals surface area (Å²) in [5.74, 6) is 0.964. The predicted octanol–water partition coefficient (Wildman–Crippen LogP) is 4.26. The van der Waals surface area contributed by atoms with Crippen LogP contribution in [0.2, 0.25) is 0 Å². The maximum atomic E-state index is 6.03. The first-order chi connectivity index (χ1) is 10.0. The van der Waals surface area contributed by atoms with Crippen molar-refractivity contribution in [2.24, 2.45) is 0 Å². The number of aryl methyl sites for hydroxylation is 4. The lowest BCUT2D eigenvalue weighted by Crippen LogP contribution is -2.24. The highest BCUT2D eigenvalue weighted by atomic mass is 16.5. The van der Waals surface area contributed by atoms with Crippen LogP contribution in [-0.2, 0) is 0 Å². The van der Waals surface area contributed by atoms with Crippen molar-refractivity contribution >= 4 is 0 Å². The standard InChI is InChI=1S/C19H25NO/c1-13-7-9-19(16(4)10-13)21-12-18(20-5)17-11-14(2)6-8-15(17)3/h6-11,18,20H,12H2,1-5H3. The monoisotopic (exact) mass is 283 g/mol. The van der Waals surface area contributed by atoms with E-state index in [-0.39, 0.29) is 6.04 Å². The minimum atomic E-state index is 0.200. The van der Waals surface area contributed by atoms with Crippen LogP contribution in [0.15, 0.2) is 36.4 Å². The summed E-state index contributed by atoms with van der Waals surface area (Å²) < 4.78 is 6.03. The average molecular weight is 283 g/mol. The van der Waals surface area contributed by atoms with Crippen LogP contribution in [0.25, 0.3) is 0 Å². The lowest BCUT2D eigenvalue weighted by Gasteiger charge is -2.21. The van der Waals surface area contributed by atoms with Gasteiger partial charge in [0.15, 0.2) is 0 Å². The topological polar surface area (TPSA) is 21.3 Å². The normalized spacial score (nSPS) is 12.2. The van der Waals surface area contributed by atoms with Crippen molar-refractivity contribution in [2.75, 3.05) is 13.7 Å². The second-order valence-corrected chi connectivity index (χ2v) is 5.78. The van der Waals surface area contributed by atoms with Gasteiger partial charge in [-0.2, -0.15) is 0 Å². The average Bonchev–Trinajstić information content (AvgIpc) is 2.45. The summed E-state index contributed by atoms with van der Waals surface area (Å²) in [6.45, 7) is 9.10. The van der Waals surface area contributed by atoms with E-state index in [1.807, 2.05) is 7.05 Å². The van der Waals surface area contributed by atoms with Crippen molar-refractivity contribution in [1.82, 2.24) is 5.32 Å². The highest BCUT2D eigenvalue weighted by molar-refractivity contribution is 5.36. The summed E-state index contributed by atoms with van der Waals surface area (Å²) in [5.41, 5.74) is 6.33. The molecule has 0 amide bonds. The lowest BCUT2D eigenvalue weighted by atomic mass is 9.99. The molecule has 0 saturated heterocycles. The molecule has 2 nitrogen and oxygen atoms in total. The summed E-state index contributed by atoms with van der Waals surface area (Å²) in [6.07, 6.45) is 0. The third-order valence-electron chi connectivity index (χ3n) is 3.89. The molecule has 0 aliphatic carbocycles. The van der Waals surface area contributed by atoms with Gasteiger partial charge >= 0.3 is 0 Å². The van der Waals surface area contributed by atoms with Crippen LogP contribution in [0.4, 0.5) is 0 Å². The molecule has 112 valence electrons. The minimum absolute atomic E-state index is 0.200. The summed E-state index contributed by atoms with van der Waals surface area (Å²) in [4.78, 5) is 0. The highest BCUT2D eigenvalue weighted by Gasteiger charge is 2.13. The number of nitrogens with one attached hydrogen (secondary N) is 1. The quantitative estimate of drug-likeness (QED) is 0.885. The molecule has 1 N–H and O–H groups in total. The van der Waals surface area contributed by atoms with Gasteiger partial charge in [0, 0.05) is 0 Å². The van der Waals surface area contributed by atoms with Gasteiger partial charge in [-0.1, -0.05) is 41.5 Å². The number of hydrogen-bond acceptors (Lipinski definition) is 2. The van der Waals surface area contributed by atoms with Gasteiger partial charge in [0.1, 0.15) is 12.4 Å². The van der Waals surface area contributed by atoms with Gasteiger partial charge in [0.25, 0.3) is 0 Å². The number of ether oxygens (including phenoxy) is 1. The van der Waals surface area contributed by atoms with E-state index in [1.165, 1.54) is 27.8 Å². The molecule has 0 heterocycles. The number of likely N-dealkylation sites (N-methyl/N-ethyl adjacent to an activating group) is 1. The second-order valence-electron chi connectivity index (χ2n) is 5.78. The third kappa shape index (κ3) is 3.85. The molecule has 2 heteroatoms. The lowest BCUT2D eigenvalue weighted by molar-refractivity contribution is 0.271. The van der Waals surface area contributed by atoms with E-state index in [4.69, 9.17) is 4.74 Å². The zero-order valence-electron chi connectivity index (χ0n) is 13.7. The highest BCUT2D eigenvalue weighted by Crippen LogP contribution is 2.23. The molecule has 2 rings (SSSR count). The van der Waals surface area contributed by atoms with Gasteiger partial charge in [-0.15, -0.1) is 0 Å². The third-order valence-corrected chi connectivity index (χ3v) is 3.89. The Bertz CT molecular complexity index is 619. The number of hydrogen-bond donors (Lipinski definition) is 1. The van der Waals surface area contributed by atoms with Crippen molar-refractivity contribution in [3.05, 3.63) is 64.2 Å². The molecule has 2 aromatic rings. The van der Waals surface area contributed by atoms with Crippen LogP contribution in [-0.4, -0.2) is 13.7 Å². The van der Waals surface area contributed by atoms with E-state index in [0.717, 1.165) is 5.75 Å². The van der Waals surface area contributed by atoms with Gasteiger partial charge in [-0.05, 0) is 57.5 Å². The zero-order valence-corrected chi connectivity index (χ0v) is 13.7. The minimum Gasteiger partial charge on any atom is -0.491 e. The Hall–Kier alpha value is -1.80. The fourth-order valence-electron chi connectivity index (χ4n) is 2.60. The molecule has 0 bridgehead atoms. The number of benzene rings is 2. The van der Waals surface area contributed by atoms with Crippen LogP contribution in [0.1, 0.15) is 33.9 Å². The molecule has 1 atom stereocenters. The van der Waals surface area contributed by atoms with Crippen LogP contribution in [0.5, 0.6) is 5.75 Å². The Kier molecular flexibility index (Phi) is 5.03. The van der Waals surface area contributed by atoms with Crippen LogP contribution < -0.4 is 10.1 Å². The maximum absolute atomic E-state index is 6.03. The van der Waals surface area contributed by atoms with E-state index in [0.29, 0.717) is 6.61 Å². The van der Waals surface area contributed by atoms with Crippen LogP contribution in [0, 0.1) is 27.7 Å². The maximum Gasteiger partial charge on any atom is 0.122 e. The SMILES string of the molecule is CNC(COc1ccc(C)cc1C)c1cc(C)ccc1C. The summed E-state index contributed by atoms with van der Waals surface area (Å²) >= 11 is 0. The number of rotatable bonds is 5. The molecule has 0 spiro atoms. The molecule has 0 aliphatic rings. The Morgan fingerprint density at radius 3 is 2.24 bits per heavy atom. The van der Waals surface area contributed by atoms with Crippen molar-refractivity contribution in [3.63, 3.8) is 0 Å². The molecule has 2 aromatic carbocycles. The van der Waals surface area contributed by atoms with Gasteiger partial charge in [0.2, 0.25) is 0 Å². The second kappa shape index (κ2) is 6.77. The Balaban J connectivity index is 2.14. The summed E-state index contributed by atoms with van der Waals surface area (Å²) in [7, 11) is 1.98. The first kappa shape index (κ1) is 15.6. The molecule has 1 unspecified atom stereocenters. The van der Waals surface area contributed by atoms with E-state index in [2.05, 4.69) is 69.4 Å². The molecule has 0 aliphatic heterocycles. The van der Waals surface area contributed by atoms with Gasteiger partial charge in [0.05, 0.1) is 6.04 Å². The van der Waals surface area contributed by atoms with E-state index >= 15 is 0 Å². The summed E-state index contributed by atoms with van der Waals surface area (Å²) in [5, 5.41) is 3.36. The van der Waals surface area contributed by atoms with E-state index < -0.39 is 0 Å².